The van der Waals surface area contributed by atoms with E-state index in [0.29, 0.717) is 5.92 Å². The fourth-order valence-corrected chi connectivity index (χ4v) is 2.62. The lowest BCUT2D eigenvalue weighted by Gasteiger charge is -2.05. The number of hydrogen-bond donors (Lipinski definition) is 0. The lowest BCUT2D eigenvalue weighted by molar-refractivity contribution is 0.575. The van der Waals surface area contributed by atoms with Gasteiger partial charge in [0.25, 0.3) is 0 Å². The predicted octanol–water partition coefficient (Wildman–Crippen LogP) is 4.06. The van der Waals surface area contributed by atoms with Gasteiger partial charge in [0, 0.05) is 0 Å². The van der Waals surface area contributed by atoms with E-state index in [2.05, 4.69) is 13.2 Å². The molecule has 0 aromatic rings. The van der Waals surface area contributed by atoms with Gasteiger partial charge in [-0.25, -0.2) is 0 Å². The Bertz CT molecular complexity index is 137. The van der Waals surface area contributed by atoms with Gasteiger partial charge < -0.3 is 0 Å². The predicted molar refractivity (Wildman–Crippen MR) is 70.8 cm³/mol. The van der Waals surface area contributed by atoms with Crippen LogP contribution in [0.25, 0.3) is 0 Å². The van der Waals surface area contributed by atoms with Crippen LogP contribution in [0.2, 0.25) is 6.04 Å². The van der Waals surface area contributed by atoms with Crippen molar-refractivity contribution in [1.29, 1.82) is 0 Å². The molecule has 0 saturated carbocycles. The lowest BCUT2D eigenvalue weighted by Crippen LogP contribution is -1.90. The van der Waals surface area contributed by atoms with Crippen molar-refractivity contribution >= 4 is 19.9 Å². The Morgan fingerprint density at radius 1 is 1.00 bits per heavy atom. The minimum absolute atomic E-state index is 0.200. The Morgan fingerprint density at radius 2 is 1.57 bits per heavy atom. The summed E-state index contributed by atoms with van der Waals surface area (Å²) in [5, 5.41) is 0. The second kappa shape index (κ2) is 11.1. The van der Waals surface area contributed by atoms with Gasteiger partial charge >= 0.3 is 0 Å². The highest BCUT2D eigenvalue weighted by atomic mass is 35.6. The zero-order valence-corrected chi connectivity index (χ0v) is 11.4. The quantitative estimate of drug-likeness (QED) is 0.230. The van der Waals surface area contributed by atoms with E-state index in [1.165, 1.54) is 44.6 Å². The molecule has 0 aliphatic rings. The molecule has 0 unspecified atom stereocenters. The summed E-state index contributed by atoms with van der Waals surface area (Å²) in [6.07, 6.45) is 11.9. The van der Waals surface area contributed by atoms with Crippen LogP contribution in [0.15, 0.2) is 25.3 Å². The molecule has 0 saturated heterocycles. The van der Waals surface area contributed by atoms with Gasteiger partial charge in [0.05, 0.1) is 0 Å². The summed E-state index contributed by atoms with van der Waals surface area (Å²) >= 11 is 5.74. The van der Waals surface area contributed by atoms with Crippen LogP contribution in [-0.2, 0) is 0 Å². The third kappa shape index (κ3) is 8.58. The highest BCUT2D eigenvalue weighted by Gasteiger charge is 1.97. The Hall–Kier alpha value is -0.0131. The van der Waals surface area contributed by atoms with Crippen molar-refractivity contribution in [1.82, 2.24) is 0 Å². The van der Waals surface area contributed by atoms with Crippen molar-refractivity contribution in [2.24, 2.45) is 5.92 Å². The molecule has 0 amide bonds. The van der Waals surface area contributed by atoms with Gasteiger partial charge in [-0.05, 0) is 18.4 Å². The SMILES string of the molecule is C=CC(C=C)CCCCCCC[SiH2]Cl. The highest BCUT2D eigenvalue weighted by molar-refractivity contribution is 6.93. The summed E-state index contributed by atoms with van der Waals surface area (Å²) in [4.78, 5) is 0. The minimum Gasteiger partial charge on any atom is -0.176 e. The molecule has 14 heavy (non-hydrogen) atoms. The molecular weight excluding hydrogens is 208 g/mol. The minimum atomic E-state index is -0.200. The monoisotopic (exact) mass is 230 g/mol. The Labute approximate surface area is 96.0 Å². The van der Waals surface area contributed by atoms with Crippen molar-refractivity contribution in [2.45, 2.75) is 44.6 Å². The Balaban J connectivity index is 3.12. The van der Waals surface area contributed by atoms with Crippen LogP contribution in [-0.4, -0.2) is 8.83 Å². The molecule has 0 spiro atoms. The molecule has 0 fully saturated rings. The average Bonchev–Trinajstić information content (AvgIpc) is 2.22. The first kappa shape index (κ1) is 14.0. The largest absolute Gasteiger partial charge is 0.176 e. The van der Waals surface area contributed by atoms with Crippen LogP contribution in [0, 0.1) is 5.92 Å². The first-order valence-electron chi connectivity index (χ1n) is 5.66. The molecular formula is C12H23ClSi. The molecule has 0 heterocycles. The zero-order chi connectivity index (χ0) is 10.6. The molecule has 0 radical (unpaired) electrons. The molecule has 0 rings (SSSR count). The van der Waals surface area contributed by atoms with Crippen LogP contribution < -0.4 is 0 Å². The van der Waals surface area contributed by atoms with Gasteiger partial charge in [0.1, 0.15) is 8.83 Å². The van der Waals surface area contributed by atoms with E-state index in [1.54, 1.807) is 0 Å². The van der Waals surface area contributed by atoms with Crippen molar-refractivity contribution in [3.8, 4) is 0 Å². The molecule has 0 aromatic heterocycles. The number of allylic oxidation sites excluding steroid dienone is 2. The standard InChI is InChI=1S/C12H23ClSi/c1-3-12(4-2)10-8-6-5-7-9-11-14-13/h3-4,12H,1-2,5-11,14H2. The van der Waals surface area contributed by atoms with E-state index in [4.69, 9.17) is 11.1 Å². The van der Waals surface area contributed by atoms with Crippen LogP contribution in [0.5, 0.6) is 0 Å². The van der Waals surface area contributed by atoms with Gasteiger partial charge in [-0.3, -0.25) is 0 Å². The van der Waals surface area contributed by atoms with Gasteiger partial charge in [0.15, 0.2) is 0 Å². The molecule has 0 aliphatic heterocycles. The van der Waals surface area contributed by atoms with E-state index in [0.717, 1.165) is 0 Å². The van der Waals surface area contributed by atoms with E-state index in [1.807, 2.05) is 12.2 Å². The fourth-order valence-electron chi connectivity index (χ4n) is 1.51. The smallest absolute Gasteiger partial charge is 0.125 e. The van der Waals surface area contributed by atoms with Crippen molar-refractivity contribution < 1.29 is 0 Å². The number of halogens is 1. The molecule has 0 bridgehead atoms. The first-order chi connectivity index (χ1) is 6.85. The summed E-state index contributed by atoms with van der Waals surface area (Å²) in [5.41, 5.74) is 0. The second-order valence-corrected chi connectivity index (χ2v) is 5.95. The molecule has 0 N–H and O–H groups in total. The molecule has 0 atom stereocenters. The molecule has 0 aliphatic carbocycles. The molecule has 82 valence electrons. The molecule has 0 nitrogen and oxygen atoms in total. The van der Waals surface area contributed by atoms with Gasteiger partial charge in [0.2, 0.25) is 0 Å². The maximum absolute atomic E-state index is 5.74. The normalized spacial score (nSPS) is 11.3. The third-order valence-corrected chi connectivity index (χ3v) is 4.10. The average molecular weight is 231 g/mol. The molecule has 0 aromatic carbocycles. The number of unbranched alkanes of at least 4 members (excludes halogenated alkanes) is 4. The van der Waals surface area contributed by atoms with Gasteiger partial charge in [-0.1, -0.05) is 44.3 Å². The van der Waals surface area contributed by atoms with E-state index < -0.39 is 0 Å². The topological polar surface area (TPSA) is 0 Å². The summed E-state index contributed by atoms with van der Waals surface area (Å²) < 4.78 is 0. The Morgan fingerprint density at radius 3 is 2.14 bits per heavy atom. The van der Waals surface area contributed by atoms with Crippen molar-refractivity contribution in [3.63, 3.8) is 0 Å². The second-order valence-electron chi connectivity index (χ2n) is 3.73. The first-order valence-corrected chi connectivity index (χ1v) is 8.80. The van der Waals surface area contributed by atoms with Gasteiger partial charge in [-0.2, -0.15) is 11.1 Å². The third-order valence-electron chi connectivity index (χ3n) is 2.53. The van der Waals surface area contributed by atoms with E-state index in [9.17, 15) is 0 Å². The number of hydrogen-bond acceptors (Lipinski definition) is 0. The van der Waals surface area contributed by atoms with Gasteiger partial charge in [-0.15, -0.1) is 13.2 Å². The highest BCUT2D eigenvalue weighted by Crippen LogP contribution is 2.13. The number of rotatable bonds is 10. The van der Waals surface area contributed by atoms with Crippen LogP contribution >= 0.6 is 11.1 Å². The summed E-state index contributed by atoms with van der Waals surface area (Å²) in [5.74, 6) is 0.519. The Kier molecular flexibility index (Phi) is 11.1. The summed E-state index contributed by atoms with van der Waals surface area (Å²) in [6, 6.07) is 1.31. The van der Waals surface area contributed by atoms with Crippen LogP contribution in [0.4, 0.5) is 0 Å². The fraction of sp³-hybridized carbons (Fsp3) is 0.667. The zero-order valence-electron chi connectivity index (χ0n) is 9.18. The summed E-state index contributed by atoms with van der Waals surface area (Å²) in [6.45, 7) is 7.58. The van der Waals surface area contributed by atoms with Crippen LogP contribution in [0.1, 0.15) is 38.5 Å². The maximum atomic E-state index is 5.74. The molecule has 2 heteroatoms. The lowest BCUT2D eigenvalue weighted by atomic mass is 10.0. The van der Waals surface area contributed by atoms with Crippen LogP contribution in [0.3, 0.4) is 0 Å². The van der Waals surface area contributed by atoms with E-state index >= 15 is 0 Å². The summed E-state index contributed by atoms with van der Waals surface area (Å²) in [7, 11) is -0.200. The van der Waals surface area contributed by atoms with Crippen molar-refractivity contribution in [3.05, 3.63) is 25.3 Å². The maximum Gasteiger partial charge on any atom is 0.125 e. The van der Waals surface area contributed by atoms with Crippen molar-refractivity contribution in [2.75, 3.05) is 0 Å². The van der Waals surface area contributed by atoms with E-state index in [-0.39, 0.29) is 8.83 Å².